The van der Waals surface area contributed by atoms with Crippen LogP contribution in [0.15, 0.2) is 24.3 Å². The smallest absolute Gasteiger partial charge is 0.444 e. The molecule has 0 aliphatic heterocycles. The zero-order valence-electron chi connectivity index (χ0n) is 16.8. The molecule has 0 saturated heterocycles. The van der Waals surface area contributed by atoms with Crippen molar-refractivity contribution in [2.45, 2.75) is 82.4 Å². The summed E-state index contributed by atoms with van der Waals surface area (Å²) in [5.74, 6) is -4.07. The first-order valence-electron chi connectivity index (χ1n) is 10.5. The molecule has 0 radical (unpaired) electrons. The molecule has 1 nitrogen and oxygen atoms in total. The van der Waals surface area contributed by atoms with Crippen LogP contribution in [-0.2, 0) is 0 Å². The molecule has 0 spiro atoms. The fourth-order valence-electron chi connectivity index (χ4n) is 4.93. The lowest BCUT2D eigenvalue weighted by molar-refractivity contribution is -0.405. The van der Waals surface area contributed by atoms with Crippen LogP contribution < -0.4 is 4.74 Å². The third-order valence-corrected chi connectivity index (χ3v) is 6.84. The van der Waals surface area contributed by atoms with E-state index < -0.39 is 24.0 Å². The highest BCUT2D eigenvalue weighted by Gasteiger charge is 2.76. The summed E-state index contributed by atoms with van der Waals surface area (Å²) in [6.07, 6.45) is -3.34. The maximum absolute atomic E-state index is 13.7. The summed E-state index contributed by atoms with van der Waals surface area (Å²) >= 11 is 0. The average molecular weight is 440 g/mol. The van der Waals surface area contributed by atoms with Gasteiger partial charge in [-0.15, -0.1) is 0 Å². The first-order chi connectivity index (χ1) is 13.9. The van der Waals surface area contributed by atoms with Gasteiger partial charge in [-0.3, -0.25) is 0 Å². The van der Waals surface area contributed by atoms with Crippen molar-refractivity contribution in [1.29, 1.82) is 0 Å². The van der Waals surface area contributed by atoms with Crippen LogP contribution in [-0.4, -0.2) is 18.2 Å². The molecule has 0 N–H and O–H groups in total. The fraction of sp³-hybridized carbons (Fsp3) is 0.727. The van der Waals surface area contributed by atoms with E-state index in [9.17, 15) is 30.7 Å². The lowest BCUT2D eigenvalue weighted by atomic mass is 9.68. The van der Waals surface area contributed by atoms with E-state index in [0.717, 1.165) is 55.2 Å². The molecule has 0 bridgehead atoms. The van der Waals surface area contributed by atoms with Crippen molar-refractivity contribution in [2.75, 3.05) is 0 Å². The van der Waals surface area contributed by atoms with Crippen LogP contribution in [0.4, 0.5) is 30.7 Å². The van der Waals surface area contributed by atoms with E-state index in [-0.39, 0.29) is 5.92 Å². The molecule has 2 aliphatic carbocycles. The lowest BCUT2D eigenvalue weighted by Gasteiger charge is -2.37. The predicted molar refractivity (Wildman–Crippen MR) is 98.8 cm³/mol. The molecule has 0 unspecified atom stereocenters. The summed E-state index contributed by atoms with van der Waals surface area (Å²) in [5.41, 5.74) is 0.835. The van der Waals surface area contributed by atoms with E-state index in [0.29, 0.717) is 5.92 Å². The summed E-state index contributed by atoms with van der Waals surface area (Å²) in [7, 11) is 0. The van der Waals surface area contributed by atoms with E-state index >= 15 is 0 Å². The van der Waals surface area contributed by atoms with Crippen LogP contribution in [0.2, 0.25) is 0 Å². The van der Waals surface area contributed by atoms with Crippen molar-refractivity contribution in [1.82, 2.24) is 0 Å². The first-order valence-corrected chi connectivity index (χ1v) is 10.5. The third kappa shape index (κ3) is 4.88. The molecule has 8 heteroatoms. The molecular weight excluding hydrogens is 413 g/mol. The molecule has 0 amide bonds. The second kappa shape index (κ2) is 8.58. The SMILES string of the molecule is CC1CCC(C2CCC(c3ccc(OC(F)(C(F)(F)F)C(F)(F)F)cc3)CC2)CC1. The van der Waals surface area contributed by atoms with Gasteiger partial charge in [-0.25, -0.2) is 0 Å². The highest BCUT2D eigenvalue weighted by molar-refractivity contribution is 5.30. The summed E-state index contributed by atoms with van der Waals surface area (Å²) in [6.45, 7) is 2.29. The Bertz CT molecular complexity index is 665. The predicted octanol–water partition coefficient (Wildman–Crippen LogP) is 7.96. The van der Waals surface area contributed by atoms with Crippen LogP contribution in [0.25, 0.3) is 0 Å². The van der Waals surface area contributed by atoms with Crippen LogP contribution >= 0.6 is 0 Å². The van der Waals surface area contributed by atoms with Crippen molar-refractivity contribution in [3.05, 3.63) is 29.8 Å². The molecule has 1 aromatic rings. The number of halogens is 7. The Balaban J connectivity index is 1.60. The molecule has 1 aromatic carbocycles. The maximum atomic E-state index is 13.7. The van der Waals surface area contributed by atoms with Crippen molar-refractivity contribution in [2.24, 2.45) is 17.8 Å². The number of ether oxygens (including phenoxy) is 1. The Hall–Kier alpha value is -1.47. The second-order valence-corrected chi connectivity index (χ2v) is 8.89. The zero-order chi connectivity index (χ0) is 22.2. The minimum absolute atomic E-state index is 0.207. The Morgan fingerprint density at radius 1 is 0.667 bits per heavy atom. The summed E-state index contributed by atoms with van der Waals surface area (Å²) in [6, 6.07) is 4.84. The van der Waals surface area contributed by atoms with Gasteiger partial charge in [-0.05, 0) is 79.9 Å². The molecular formula is C22H27F7O. The molecule has 2 saturated carbocycles. The molecule has 0 heterocycles. The third-order valence-electron chi connectivity index (χ3n) is 6.84. The van der Waals surface area contributed by atoms with Crippen LogP contribution in [0.5, 0.6) is 5.75 Å². The number of hydrogen-bond donors (Lipinski definition) is 0. The summed E-state index contributed by atoms with van der Waals surface area (Å²) in [5, 5.41) is 0. The van der Waals surface area contributed by atoms with E-state index in [1.165, 1.54) is 37.8 Å². The van der Waals surface area contributed by atoms with E-state index in [1.54, 1.807) is 0 Å². The Labute approximate surface area is 172 Å². The van der Waals surface area contributed by atoms with E-state index in [2.05, 4.69) is 11.7 Å². The first kappa shape index (κ1) is 23.2. The van der Waals surface area contributed by atoms with Gasteiger partial charge >= 0.3 is 18.2 Å². The minimum atomic E-state index is -6.24. The molecule has 2 aliphatic rings. The minimum Gasteiger partial charge on any atom is -0.444 e. The summed E-state index contributed by atoms with van der Waals surface area (Å²) < 4.78 is 93.4. The standard InChI is InChI=1S/C22H27F7O/c1-14-2-4-15(5-3-14)16-6-8-17(9-7-16)18-10-12-19(13-11-18)30-20(23,21(24,25)26)22(27,28)29/h10-17H,2-9H2,1H3. The van der Waals surface area contributed by atoms with Crippen molar-refractivity contribution in [3.63, 3.8) is 0 Å². The van der Waals surface area contributed by atoms with Gasteiger partial charge < -0.3 is 4.74 Å². The highest BCUT2D eigenvalue weighted by atomic mass is 19.4. The number of benzene rings is 1. The Morgan fingerprint density at radius 3 is 1.53 bits per heavy atom. The van der Waals surface area contributed by atoms with Gasteiger partial charge in [0.15, 0.2) is 0 Å². The normalized spacial score (nSPS) is 28.9. The van der Waals surface area contributed by atoms with Gasteiger partial charge in [0, 0.05) is 0 Å². The molecule has 0 atom stereocenters. The van der Waals surface area contributed by atoms with Crippen molar-refractivity contribution in [3.8, 4) is 5.75 Å². The van der Waals surface area contributed by atoms with Gasteiger partial charge in [0.1, 0.15) is 5.75 Å². The molecule has 30 heavy (non-hydrogen) atoms. The second-order valence-electron chi connectivity index (χ2n) is 8.89. The molecule has 3 rings (SSSR count). The van der Waals surface area contributed by atoms with E-state index in [4.69, 9.17) is 0 Å². The van der Waals surface area contributed by atoms with Crippen molar-refractivity contribution < 1.29 is 35.5 Å². The fourth-order valence-corrected chi connectivity index (χ4v) is 4.93. The van der Waals surface area contributed by atoms with Gasteiger partial charge in [0.25, 0.3) is 0 Å². The topological polar surface area (TPSA) is 9.23 Å². The Morgan fingerprint density at radius 2 is 1.10 bits per heavy atom. The quantitative estimate of drug-likeness (QED) is 0.432. The van der Waals surface area contributed by atoms with Crippen LogP contribution in [0, 0.1) is 17.8 Å². The van der Waals surface area contributed by atoms with Gasteiger partial charge in [0.05, 0.1) is 0 Å². The average Bonchev–Trinajstić information content (AvgIpc) is 2.68. The Kier molecular flexibility index (Phi) is 6.63. The largest absolute Gasteiger partial charge is 0.470 e. The van der Waals surface area contributed by atoms with E-state index in [1.807, 2.05) is 0 Å². The number of rotatable bonds is 4. The molecule has 0 aromatic heterocycles. The monoisotopic (exact) mass is 440 g/mol. The van der Waals surface area contributed by atoms with Gasteiger partial charge in [-0.1, -0.05) is 31.9 Å². The van der Waals surface area contributed by atoms with Crippen LogP contribution in [0.3, 0.4) is 0 Å². The zero-order valence-corrected chi connectivity index (χ0v) is 16.8. The highest BCUT2D eigenvalue weighted by Crippen LogP contribution is 2.48. The number of hydrogen-bond acceptors (Lipinski definition) is 1. The molecule has 2 fully saturated rings. The summed E-state index contributed by atoms with van der Waals surface area (Å²) in [4.78, 5) is 0. The van der Waals surface area contributed by atoms with Gasteiger partial charge in [0.2, 0.25) is 0 Å². The number of alkyl halides is 7. The maximum Gasteiger partial charge on any atom is 0.470 e. The lowest BCUT2D eigenvalue weighted by Crippen LogP contribution is -2.57. The van der Waals surface area contributed by atoms with Crippen LogP contribution in [0.1, 0.15) is 69.8 Å². The van der Waals surface area contributed by atoms with Crippen molar-refractivity contribution >= 4 is 0 Å². The molecule has 170 valence electrons. The van der Waals surface area contributed by atoms with Gasteiger partial charge in [-0.2, -0.15) is 30.7 Å².